The largest absolute Gasteiger partial charge is 0.477 e. The molecule has 9 heteroatoms. The highest BCUT2D eigenvalue weighted by molar-refractivity contribution is 8.03. The number of aliphatic hydroxyl groups is 1. The van der Waals surface area contributed by atoms with Crippen LogP contribution in [0.2, 0.25) is 0 Å². The lowest BCUT2D eigenvalue weighted by Gasteiger charge is -2.46. The molecule has 0 aromatic rings. The topological polar surface area (TPSA) is 93.1 Å². The van der Waals surface area contributed by atoms with Crippen LogP contribution in [-0.2, 0) is 9.59 Å². The van der Waals surface area contributed by atoms with Gasteiger partial charge in [0.2, 0.25) is 5.91 Å². The lowest BCUT2D eigenvalue weighted by Crippen LogP contribution is -2.63. The predicted octanol–water partition coefficient (Wildman–Crippen LogP) is 1.04. The van der Waals surface area contributed by atoms with E-state index in [4.69, 9.17) is 0 Å². The molecule has 3 saturated heterocycles. The first kappa shape index (κ1) is 21.1. The number of β-lactam (4-membered cyclic amide) rings is 1. The standard InChI is InChI=1S/C20H30FN3O4S/c1-11-15-14(12(2)25)18(26)24(15)16(19(27)28)17(11)29-13-3-8-23(9-13)10-20(21)4-6-22-7-5-20/h11-15,22,25H,3-10H2,1-2H3,(H,27,28)/t11-,12-,13-,14-,15-/m1/s1. The highest BCUT2D eigenvalue weighted by Crippen LogP contribution is 2.52. The Balaban J connectivity index is 1.44. The van der Waals surface area contributed by atoms with E-state index < -0.39 is 23.7 Å². The molecule has 0 spiro atoms. The van der Waals surface area contributed by atoms with Gasteiger partial charge in [0.05, 0.1) is 18.1 Å². The van der Waals surface area contributed by atoms with E-state index in [-0.39, 0.29) is 28.8 Å². The Hall–Kier alpha value is -1.16. The SMILES string of the molecule is C[C@@H](O)[C@H]1C(=O)N2C(C(=O)O)=C(S[C@@H]3CCN(CC4(F)CCNCC4)C3)[C@H](C)[C@H]12. The van der Waals surface area contributed by atoms with Crippen LogP contribution < -0.4 is 5.32 Å². The fourth-order valence-electron chi connectivity index (χ4n) is 5.33. The first-order valence-electron chi connectivity index (χ1n) is 10.5. The molecule has 4 heterocycles. The second kappa shape index (κ2) is 7.83. The number of aliphatic hydroxyl groups excluding tert-OH is 1. The Morgan fingerprint density at radius 3 is 2.72 bits per heavy atom. The van der Waals surface area contributed by atoms with Crippen LogP contribution in [0.1, 0.15) is 33.1 Å². The molecule has 29 heavy (non-hydrogen) atoms. The van der Waals surface area contributed by atoms with E-state index in [1.165, 1.54) is 16.7 Å². The van der Waals surface area contributed by atoms with E-state index in [0.717, 1.165) is 24.4 Å². The van der Waals surface area contributed by atoms with Gasteiger partial charge >= 0.3 is 5.97 Å². The number of alkyl halides is 1. The molecule has 0 saturated carbocycles. The van der Waals surface area contributed by atoms with Gasteiger partial charge in [-0.25, -0.2) is 9.18 Å². The summed E-state index contributed by atoms with van der Waals surface area (Å²) in [6, 6.07) is -0.280. The minimum atomic E-state index is -1.14. The number of hydrogen-bond donors (Lipinski definition) is 3. The molecule has 7 nitrogen and oxygen atoms in total. The fraction of sp³-hybridized carbons (Fsp3) is 0.800. The van der Waals surface area contributed by atoms with Gasteiger partial charge in [0.1, 0.15) is 11.4 Å². The van der Waals surface area contributed by atoms with Crippen molar-refractivity contribution in [1.29, 1.82) is 0 Å². The second-order valence-corrected chi connectivity index (χ2v) is 10.3. The number of nitrogens with zero attached hydrogens (tertiary/aromatic N) is 2. The molecule has 0 bridgehead atoms. The molecule has 3 fully saturated rings. The minimum Gasteiger partial charge on any atom is -0.477 e. The zero-order valence-corrected chi connectivity index (χ0v) is 17.8. The summed E-state index contributed by atoms with van der Waals surface area (Å²) < 4.78 is 15.0. The summed E-state index contributed by atoms with van der Waals surface area (Å²) in [5.74, 6) is -2.05. The van der Waals surface area contributed by atoms with Crippen molar-refractivity contribution in [1.82, 2.24) is 15.1 Å². The number of carboxylic acids is 1. The molecule has 0 aliphatic carbocycles. The average Bonchev–Trinajstić information content (AvgIpc) is 3.16. The molecule has 0 aromatic heterocycles. The number of piperidine rings is 1. The Kier molecular flexibility index (Phi) is 5.69. The predicted molar refractivity (Wildman–Crippen MR) is 108 cm³/mol. The van der Waals surface area contributed by atoms with Crippen molar-refractivity contribution in [2.24, 2.45) is 11.8 Å². The van der Waals surface area contributed by atoms with Crippen molar-refractivity contribution in [3.05, 3.63) is 10.6 Å². The number of aliphatic carboxylic acids is 1. The van der Waals surface area contributed by atoms with Gasteiger partial charge in [-0.1, -0.05) is 6.92 Å². The van der Waals surface area contributed by atoms with E-state index in [2.05, 4.69) is 10.2 Å². The van der Waals surface area contributed by atoms with Crippen molar-refractivity contribution in [2.75, 3.05) is 32.7 Å². The number of carbonyl (C=O) groups excluding carboxylic acids is 1. The number of carboxylic acid groups (broad SMARTS) is 1. The van der Waals surface area contributed by atoms with Crippen LogP contribution in [0.25, 0.3) is 0 Å². The fourth-order valence-corrected chi connectivity index (χ4v) is 6.85. The number of likely N-dealkylation sites (tertiary alicyclic amines) is 1. The van der Waals surface area contributed by atoms with E-state index in [1.54, 1.807) is 6.92 Å². The number of fused-ring (bicyclic) bond motifs is 1. The highest BCUT2D eigenvalue weighted by atomic mass is 32.2. The molecule has 5 atom stereocenters. The lowest BCUT2D eigenvalue weighted by atomic mass is 9.79. The summed E-state index contributed by atoms with van der Waals surface area (Å²) in [5.41, 5.74) is -1.06. The van der Waals surface area contributed by atoms with Crippen molar-refractivity contribution in [3.63, 3.8) is 0 Å². The molecular formula is C20H30FN3O4S. The van der Waals surface area contributed by atoms with Crippen molar-refractivity contribution in [2.45, 2.75) is 56.2 Å². The molecule has 3 N–H and O–H groups in total. The van der Waals surface area contributed by atoms with Crippen LogP contribution in [0.3, 0.4) is 0 Å². The van der Waals surface area contributed by atoms with Gasteiger partial charge < -0.3 is 20.4 Å². The minimum absolute atomic E-state index is 0.0770. The molecule has 162 valence electrons. The Labute approximate surface area is 174 Å². The summed E-state index contributed by atoms with van der Waals surface area (Å²) in [5, 5.41) is 23.1. The number of rotatable bonds is 6. The Morgan fingerprint density at radius 2 is 2.10 bits per heavy atom. The summed E-state index contributed by atoms with van der Waals surface area (Å²) in [6.45, 7) is 6.92. The molecular weight excluding hydrogens is 397 g/mol. The molecule has 1 amide bonds. The second-order valence-electron chi connectivity index (χ2n) is 8.94. The first-order chi connectivity index (χ1) is 13.7. The zero-order valence-electron chi connectivity index (χ0n) is 16.9. The summed E-state index contributed by atoms with van der Waals surface area (Å²) >= 11 is 1.53. The van der Waals surface area contributed by atoms with Crippen LogP contribution in [0.4, 0.5) is 4.39 Å². The van der Waals surface area contributed by atoms with Gasteiger partial charge in [0, 0.05) is 29.2 Å². The van der Waals surface area contributed by atoms with Gasteiger partial charge in [0.25, 0.3) is 0 Å². The number of carbonyl (C=O) groups is 2. The Morgan fingerprint density at radius 1 is 1.41 bits per heavy atom. The Bertz CT molecular complexity index is 725. The van der Waals surface area contributed by atoms with Gasteiger partial charge in [-0.05, 0) is 45.8 Å². The lowest BCUT2D eigenvalue weighted by molar-refractivity contribution is -0.163. The van der Waals surface area contributed by atoms with Crippen LogP contribution in [0, 0.1) is 11.8 Å². The van der Waals surface area contributed by atoms with E-state index in [0.29, 0.717) is 32.5 Å². The quantitative estimate of drug-likeness (QED) is 0.546. The number of nitrogens with one attached hydrogen (secondary N) is 1. The maximum Gasteiger partial charge on any atom is 0.353 e. The summed E-state index contributed by atoms with van der Waals surface area (Å²) in [6.07, 6.45) is 1.15. The maximum absolute atomic E-state index is 15.0. The summed E-state index contributed by atoms with van der Waals surface area (Å²) in [4.78, 5) is 28.6. The molecule has 4 aliphatic heterocycles. The van der Waals surface area contributed by atoms with Gasteiger partial charge in [0.15, 0.2) is 0 Å². The molecule has 0 radical (unpaired) electrons. The molecule has 4 aliphatic rings. The number of thioether (sulfide) groups is 1. The van der Waals surface area contributed by atoms with Crippen molar-refractivity contribution in [3.8, 4) is 0 Å². The third-order valence-corrected chi connectivity index (χ3v) is 8.38. The smallest absolute Gasteiger partial charge is 0.353 e. The molecule has 0 unspecified atom stereocenters. The van der Waals surface area contributed by atoms with Gasteiger partial charge in [-0.2, -0.15) is 0 Å². The van der Waals surface area contributed by atoms with Crippen LogP contribution in [-0.4, -0.2) is 87.7 Å². The third kappa shape index (κ3) is 3.71. The maximum atomic E-state index is 15.0. The van der Waals surface area contributed by atoms with E-state index in [9.17, 15) is 19.8 Å². The van der Waals surface area contributed by atoms with Crippen LogP contribution >= 0.6 is 11.8 Å². The molecule has 4 rings (SSSR count). The van der Waals surface area contributed by atoms with Crippen molar-refractivity contribution >= 4 is 23.6 Å². The number of hydrogen-bond acceptors (Lipinski definition) is 6. The third-order valence-electron chi connectivity index (χ3n) is 6.84. The van der Waals surface area contributed by atoms with Crippen LogP contribution in [0.15, 0.2) is 10.6 Å². The normalized spacial score (nSPS) is 35.6. The average molecular weight is 428 g/mol. The number of amides is 1. The van der Waals surface area contributed by atoms with E-state index in [1.807, 2.05) is 6.92 Å². The summed E-state index contributed by atoms with van der Waals surface area (Å²) in [7, 11) is 0. The zero-order chi connectivity index (χ0) is 20.9. The molecule has 0 aromatic carbocycles. The highest BCUT2D eigenvalue weighted by Gasteiger charge is 2.60. The van der Waals surface area contributed by atoms with Gasteiger partial charge in [-0.15, -0.1) is 11.8 Å². The monoisotopic (exact) mass is 427 g/mol. The van der Waals surface area contributed by atoms with E-state index >= 15 is 4.39 Å². The van der Waals surface area contributed by atoms with Gasteiger partial charge in [-0.3, -0.25) is 9.69 Å². The van der Waals surface area contributed by atoms with Crippen molar-refractivity contribution < 1.29 is 24.2 Å². The number of halogens is 1. The van der Waals surface area contributed by atoms with Crippen LogP contribution in [0.5, 0.6) is 0 Å². The first-order valence-corrected chi connectivity index (χ1v) is 11.4.